The van der Waals surface area contributed by atoms with Gasteiger partial charge in [-0.15, -0.1) is 0 Å². The zero-order valence-electron chi connectivity index (χ0n) is 18.6. The Morgan fingerprint density at radius 1 is 0.654 bits per heavy atom. The van der Waals surface area contributed by atoms with Crippen LogP contribution in [0.5, 0.6) is 0 Å². The number of rotatable bonds is 12. The molecule has 0 amide bonds. The number of hydrogen-bond donors (Lipinski definition) is 0. The fourth-order valence-corrected chi connectivity index (χ4v) is 7.39. The molecule has 0 N–H and O–H groups in total. The Kier molecular flexibility index (Phi) is 10.3. The molecule has 0 aromatic carbocycles. The van der Waals surface area contributed by atoms with Crippen molar-refractivity contribution in [3.05, 3.63) is 0 Å². The molecule has 0 aromatic rings. The molecule has 0 bridgehead atoms. The molecule has 156 valence electrons. The molecule has 1 saturated heterocycles. The molecule has 26 heavy (non-hydrogen) atoms. The SMILES string of the molecule is CC(C)COC1(OCC(C)C)CCCC[Si]1(OCC(C)C)OCC(C)C. The van der Waals surface area contributed by atoms with E-state index in [2.05, 4.69) is 55.4 Å². The minimum atomic E-state index is -2.67. The second-order valence-corrected chi connectivity index (χ2v) is 12.9. The van der Waals surface area contributed by atoms with Gasteiger partial charge in [-0.3, -0.25) is 0 Å². The smallest absolute Gasteiger partial charge is 0.391 e. The topological polar surface area (TPSA) is 36.9 Å². The first-order valence-electron chi connectivity index (χ1n) is 10.7. The first kappa shape index (κ1) is 24.1. The molecule has 0 aliphatic carbocycles. The first-order chi connectivity index (χ1) is 12.1. The van der Waals surface area contributed by atoms with Gasteiger partial charge in [0.25, 0.3) is 0 Å². The first-order valence-corrected chi connectivity index (χ1v) is 12.7. The summed E-state index contributed by atoms with van der Waals surface area (Å²) in [4.78, 5) is 0. The molecule has 0 spiro atoms. The molecule has 1 rings (SSSR count). The minimum absolute atomic E-state index is 0.457. The van der Waals surface area contributed by atoms with E-state index >= 15 is 0 Å². The summed E-state index contributed by atoms with van der Waals surface area (Å²) in [5.41, 5.74) is -0.677. The average Bonchev–Trinajstić information content (AvgIpc) is 2.56. The van der Waals surface area contributed by atoms with Crippen LogP contribution in [0.2, 0.25) is 6.04 Å². The predicted molar refractivity (Wildman–Crippen MR) is 110 cm³/mol. The van der Waals surface area contributed by atoms with Crippen molar-refractivity contribution in [2.45, 2.75) is 86.1 Å². The molecular formula is C21H44O4Si. The van der Waals surface area contributed by atoms with Crippen LogP contribution in [-0.2, 0) is 18.3 Å². The van der Waals surface area contributed by atoms with Gasteiger partial charge in [-0.05, 0) is 36.1 Å². The molecule has 1 heterocycles. The van der Waals surface area contributed by atoms with Gasteiger partial charge in [0, 0.05) is 19.6 Å². The van der Waals surface area contributed by atoms with E-state index in [0.29, 0.717) is 50.1 Å². The van der Waals surface area contributed by atoms with E-state index in [1.807, 2.05) is 0 Å². The second kappa shape index (κ2) is 11.2. The molecule has 0 unspecified atom stereocenters. The van der Waals surface area contributed by atoms with Gasteiger partial charge in [0.05, 0.1) is 13.2 Å². The highest BCUT2D eigenvalue weighted by atomic mass is 28.4. The van der Waals surface area contributed by atoms with Gasteiger partial charge in [0.15, 0.2) is 0 Å². The van der Waals surface area contributed by atoms with E-state index in [-0.39, 0.29) is 0 Å². The van der Waals surface area contributed by atoms with Gasteiger partial charge in [0.1, 0.15) is 0 Å². The largest absolute Gasteiger partial charge is 0.399 e. The van der Waals surface area contributed by atoms with Crippen molar-refractivity contribution in [3.8, 4) is 0 Å². The van der Waals surface area contributed by atoms with E-state index in [1.54, 1.807) is 0 Å². The van der Waals surface area contributed by atoms with Gasteiger partial charge in [-0.1, -0.05) is 61.8 Å². The van der Waals surface area contributed by atoms with Crippen LogP contribution >= 0.6 is 0 Å². The van der Waals surface area contributed by atoms with Gasteiger partial charge in [-0.2, -0.15) is 0 Å². The molecule has 4 nitrogen and oxygen atoms in total. The van der Waals surface area contributed by atoms with Crippen molar-refractivity contribution < 1.29 is 18.3 Å². The molecular weight excluding hydrogens is 344 g/mol. The number of ether oxygens (including phenoxy) is 2. The zero-order valence-corrected chi connectivity index (χ0v) is 19.6. The molecule has 0 saturated carbocycles. The van der Waals surface area contributed by atoms with E-state index < -0.39 is 14.0 Å². The standard InChI is InChI=1S/C21H44O4Si/c1-17(2)13-22-21(23-14-18(3)4)11-9-10-12-26(21,24-15-19(5)6)25-16-20(7)8/h17-20H,9-16H2,1-8H3. The van der Waals surface area contributed by atoms with Crippen LogP contribution in [0.15, 0.2) is 0 Å². The third kappa shape index (κ3) is 7.23. The molecule has 1 fully saturated rings. The molecule has 1 aliphatic rings. The van der Waals surface area contributed by atoms with Crippen molar-refractivity contribution in [3.63, 3.8) is 0 Å². The average molecular weight is 389 g/mol. The van der Waals surface area contributed by atoms with Crippen LogP contribution in [0.25, 0.3) is 0 Å². The Bertz CT molecular complexity index is 322. The van der Waals surface area contributed by atoms with Crippen molar-refractivity contribution in [1.29, 1.82) is 0 Å². The van der Waals surface area contributed by atoms with Gasteiger partial charge in [0.2, 0.25) is 5.41 Å². The van der Waals surface area contributed by atoms with Crippen LogP contribution in [0.3, 0.4) is 0 Å². The zero-order chi connectivity index (χ0) is 19.8. The van der Waals surface area contributed by atoms with E-state index in [0.717, 1.165) is 25.3 Å². The van der Waals surface area contributed by atoms with E-state index in [9.17, 15) is 0 Å². The maximum atomic E-state index is 6.63. The lowest BCUT2D eigenvalue weighted by Gasteiger charge is -2.49. The van der Waals surface area contributed by atoms with Crippen molar-refractivity contribution in [2.24, 2.45) is 23.7 Å². The monoisotopic (exact) mass is 388 g/mol. The van der Waals surface area contributed by atoms with Gasteiger partial charge < -0.3 is 18.3 Å². The second-order valence-electron chi connectivity index (χ2n) is 9.53. The third-order valence-electron chi connectivity index (χ3n) is 4.44. The lowest BCUT2D eigenvalue weighted by atomic mass is 10.2. The Morgan fingerprint density at radius 3 is 1.46 bits per heavy atom. The molecule has 0 aromatic heterocycles. The van der Waals surface area contributed by atoms with Crippen LogP contribution in [0, 0.1) is 23.7 Å². The van der Waals surface area contributed by atoms with Crippen molar-refractivity contribution in [1.82, 2.24) is 0 Å². The Hall–Kier alpha value is 0.0569. The summed E-state index contributed by atoms with van der Waals surface area (Å²) < 4.78 is 26.4. The van der Waals surface area contributed by atoms with Gasteiger partial charge in [-0.25, -0.2) is 0 Å². The quantitative estimate of drug-likeness (QED) is 0.325. The summed E-state index contributed by atoms with van der Waals surface area (Å²) >= 11 is 0. The lowest BCUT2D eigenvalue weighted by molar-refractivity contribution is -0.226. The van der Waals surface area contributed by atoms with Crippen LogP contribution in [-0.4, -0.2) is 40.4 Å². The highest BCUT2D eigenvalue weighted by Gasteiger charge is 2.62. The van der Waals surface area contributed by atoms with Gasteiger partial charge >= 0.3 is 8.56 Å². The fraction of sp³-hybridized carbons (Fsp3) is 1.00. The molecule has 1 aliphatic heterocycles. The van der Waals surface area contributed by atoms with Crippen molar-refractivity contribution in [2.75, 3.05) is 26.4 Å². The number of hydrogen-bond acceptors (Lipinski definition) is 4. The highest BCUT2D eigenvalue weighted by Crippen LogP contribution is 2.43. The normalized spacial score (nSPS) is 19.8. The summed E-state index contributed by atoms with van der Waals surface area (Å²) in [6.45, 7) is 20.3. The lowest BCUT2D eigenvalue weighted by Crippen LogP contribution is -2.68. The fourth-order valence-electron chi connectivity index (χ4n) is 3.11. The van der Waals surface area contributed by atoms with Crippen molar-refractivity contribution >= 4 is 8.56 Å². The summed E-state index contributed by atoms with van der Waals surface area (Å²) in [6, 6.07) is 0.961. The molecule has 5 heteroatoms. The van der Waals surface area contributed by atoms with E-state index in [1.165, 1.54) is 0 Å². The molecule has 0 atom stereocenters. The van der Waals surface area contributed by atoms with E-state index in [4.69, 9.17) is 18.3 Å². The van der Waals surface area contributed by atoms with Crippen LogP contribution in [0.4, 0.5) is 0 Å². The Morgan fingerprint density at radius 2 is 1.08 bits per heavy atom. The summed E-state index contributed by atoms with van der Waals surface area (Å²) in [7, 11) is -2.67. The Balaban J connectivity index is 3.17. The summed E-state index contributed by atoms with van der Waals surface area (Å²) in [5, 5.41) is 0. The highest BCUT2D eigenvalue weighted by molar-refractivity contribution is 6.70. The predicted octanol–water partition coefficient (Wildman–Crippen LogP) is 5.54. The van der Waals surface area contributed by atoms with Crippen LogP contribution in [0.1, 0.15) is 74.7 Å². The summed E-state index contributed by atoms with van der Waals surface area (Å²) in [6.07, 6.45) is 3.14. The maximum absolute atomic E-state index is 6.63. The minimum Gasteiger partial charge on any atom is -0.391 e. The summed E-state index contributed by atoms with van der Waals surface area (Å²) in [5.74, 6) is 1.85. The maximum Gasteiger partial charge on any atom is 0.399 e. The Labute approximate surface area is 163 Å². The molecule has 0 radical (unpaired) electrons. The van der Waals surface area contributed by atoms with Crippen LogP contribution < -0.4 is 0 Å². The third-order valence-corrected chi connectivity index (χ3v) is 8.42.